The van der Waals surface area contributed by atoms with Gasteiger partial charge in [0.2, 0.25) is 0 Å². The molecule has 4 N–H and O–H groups in total. The maximum absolute atomic E-state index is 12.1. The van der Waals surface area contributed by atoms with Crippen LogP contribution in [0.1, 0.15) is 103 Å². The van der Waals surface area contributed by atoms with Gasteiger partial charge in [0.15, 0.2) is 17.7 Å². The van der Waals surface area contributed by atoms with Crippen LogP contribution in [-0.2, 0) is 14.3 Å². The summed E-state index contributed by atoms with van der Waals surface area (Å²) >= 11 is 0. The Kier molecular flexibility index (Phi) is 11.8. The molecular weight excluding hydrogens is 462 g/mol. The number of nitrogens with zero attached hydrogens (tertiary/aromatic N) is 4. The monoisotopic (exact) mass is 505 g/mol. The molecule has 1 fully saturated rings. The molecule has 10 nitrogen and oxygen atoms in total. The van der Waals surface area contributed by atoms with Crippen LogP contribution in [0.4, 0.5) is 5.82 Å². The van der Waals surface area contributed by atoms with E-state index in [0.29, 0.717) is 17.6 Å². The number of hydrogen-bond acceptors (Lipinski definition) is 9. The van der Waals surface area contributed by atoms with Crippen LogP contribution in [0.2, 0.25) is 0 Å². The number of aliphatic hydroxyl groups is 2. The summed E-state index contributed by atoms with van der Waals surface area (Å²) in [5.74, 6) is -0.106. The lowest BCUT2D eigenvalue weighted by molar-refractivity contribution is -0.150. The van der Waals surface area contributed by atoms with Crippen LogP contribution in [0.25, 0.3) is 11.2 Å². The number of aliphatic hydroxyl groups excluding tert-OH is 2. The summed E-state index contributed by atoms with van der Waals surface area (Å²) in [5, 5.41) is 20.9. The van der Waals surface area contributed by atoms with E-state index in [2.05, 4.69) is 21.9 Å². The van der Waals surface area contributed by atoms with Crippen molar-refractivity contribution in [1.82, 2.24) is 19.5 Å². The van der Waals surface area contributed by atoms with E-state index in [1.165, 1.54) is 81.4 Å². The number of ether oxygens (including phenoxy) is 2. The molecule has 2 aromatic heterocycles. The van der Waals surface area contributed by atoms with Crippen LogP contribution in [0.5, 0.6) is 0 Å². The number of hydrogen-bond donors (Lipinski definition) is 3. The van der Waals surface area contributed by atoms with Crippen LogP contribution in [0.3, 0.4) is 0 Å². The van der Waals surface area contributed by atoms with Gasteiger partial charge in [-0.3, -0.25) is 9.36 Å². The van der Waals surface area contributed by atoms with Gasteiger partial charge < -0.3 is 25.4 Å². The van der Waals surface area contributed by atoms with Gasteiger partial charge in [0.05, 0.1) is 6.33 Å². The zero-order valence-corrected chi connectivity index (χ0v) is 21.6. The molecule has 2 aromatic rings. The summed E-state index contributed by atoms with van der Waals surface area (Å²) < 4.78 is 12.6. The lowest BCUT2D eigenvalue weighted by Crippen LogP contribution is -2.34. The van der Waals surface area contributed by atoms with Gasteiger partial charge in [-0.1, -0.05) is 84.0 Å². The summed E-state index contributed by atoms with van der Waals surface area (Å²) in [7, 11) is 0. The number of anilines is 1. The summed E-state index contributed by atoms with van der Waals surface area (Å²) in [4.78, 5) is 24.3. The van der Waals surface area contributed by atoms with E-state index in [9.17, 15) is 15.0 Å². The maximum Gasteiger partial charge on any atom is 0.305 e. The highest BCUT2D eigenvalue weighted by Crippen LogP contribution is 2.32. The minimum atomic E-state index is -1.23. The zero-order chi connectivity index (χ0) is 25.8. The molecule has 0 bridgehead atoms. The molecule has 202 valence electrons. The molecular formula is C26H43N5O5. The summed E-state index contributed by atoms with van der Waals surface area (Å²) in [6, 6.07) is 0. The van der Waals surface area contributed by atoms with Crippen LogP contribution >= 0.6 is 0 Å². The minimum Gasteiger partial charge on any atom is -0.463 e. The zero-order valence-electron chi connectivity index (χ0n) is 21.6. The normalized spacial score (nSPS) is 21.9. The van der Waals surface area contributed by atoms with Gasteiger partial charge in [-0.25, -0.2) is 15.0 Å². The van der Waals surface area contributed by atoms with Gasteiger partial charge in [-0.15, -0.1) is 0 Å². The topological polar surface area (TPSA) is 146 Å². The third kappa shape index (κ3) is 8.11. The Bertz CT molecular complexity index is 923. The third-order valence-corrected chi connectivity index (χ3v) is 6.89. The number of esters is 1. The summed E-state index contributed by atoms with van der Waals surface area (Å²) in [6.07, 6.45) is 15.1. The molecule has 3 heterocycles. The van der Waals surface area contributed by atoms with Crippen molar-refractivity contribution in [2.24, 2.45) is 0 Å². The molecule has 0 saturated carbocycles. The SMILES string of the molecule is CCCCCCCCCCCCCCCC(=O)OC[C@H]1O[C@@H](n2cnc3c(N)ncnc32)C(O)C1O. The van der Waals surface area contributed by atoms with E-state index >= 15 is 0 Å². The van der Waals surface area contributed by atoms with E-state index < -0.39 is 24.5 Å². The van der Waals surface area contributed by atoms with E-state index in [1.54, 1.807) is 0 Å². The van der Waals surface area contributed by atoms with E-state index in [-0.39, 0.29) is 18.4 Å². The summed E-state index contributed by atoms with van der Waals surface area (Å²) in [6.45, 7) is 2.12. The fourth-order valence-corrected chi connectivity index (χ4v) is 4.69. The molecule has 36 heavy (non-hydrogen) atoms. The molecule has 0 aromatic carbocycles. The van der Waals surface area contributed by atoms with Crippen molar-refractivity contribution in [3.05, 3.63) is 12.7 Å². The maximum atomic E-state index is 12.1. The fraction of sp³-hybridized carbons (Fsp3) is 0.769. The van der Waals surface area contributed by atoms with Crippen LogP contribution < -0.4 is 5.73 Å². The van der Waals surface area contributed by atoms with Crippen molar-refractivity contribution in [1.29, 1.82) is 0 Å². The Labute approximate surface area is 213 Å². The van der Waals surface area contributed by atoms with Gasteiger partial charge in [-0.2, -0.15) is 0 Å². The van der Waals surface area contributed by atoms with E-state index in [0.717, 1.165) is 19.3 Å². The first-order chi connectivity index (χ1) is 17.5. The smallest absolute Gasteiger partial charge is 0.305 e. The first kappa shape index (κ1) is 28.3. The van der Waals surface area contributed by atoms with Crippen molar-refractivity contribution < 1.29 is 24.5 Å². The number of rotatable bonds is 17. The average molecular weight is 506 g/mol. The number of nitrogens with two attached hydrogens (primary N) is 1. The highest BCUT2D eigenvalue weighted by Gasteiger charge is 2.44. The van der Waals surface area contributed by atoms with Gasteiger partial charge in [0.1, 0.15) is 36.8 Å². The fourth-order valence-electron chi connectivity index (χ4n) is 4.69. The van der Waals surface area contributed by atoms with Crippen molar-refractivity contribution in [3.8, 4) is 0 Å². The number of unbranched alkanes of at least 4 members (excludes halogenated alkanes) is 12. The van der Waals surface area contributed by atoms with Gasteiger partial charge in [-0.05, 0) is 6.42 Å². The van der Waals surface area contributed by atoms with Crippen LogP contribution in [0.15, 0.2) is 12.7 Å². The second-order valence-corrected chi connectivity index (χ2v) is 9.80. The Morgan fingerprint density at radius 2 is 1.56 bits per heavy atom. The van der Waals surface area contributed by atoms with E-state index in [1.807, 2.05) is 0 Å². The van der Waals surface area contributed by atoms with Gasteiger partial charge in [0, 0.05) is 6.42 Å². The number of fused-ring (bicyclic) bond motifs is 1. The molecule has 0 radical (unpaired) electrons. The minimum absolute atomic E-state index is 0.129. The molecule has 4 atom stereocenters. The second kappa shape index (κ2) is 15.1. The van der Waals surface area contributed by atoms with Crippen molar-refractivity contribution in [2.75, 3.05) is 12.3 Å². The first-order valence-corrected chi connectivity index (χ1v) is 13.6. The second-order valence-electron chi connectivity index (χ2n) is 9.80. The standard InChI is InChI=1S/C26H43N5O5/c1-2-3-4-5-6-7-8-9-10-11-12-13-14-15-20(32)35-16-19-22(33)23(34)26(36-19)31-18-30-21-24(27)28-17-29-25(21)31/h17-19,22-23,26,33-34H,2-16H2,1H3,(H2,27,28,29)/t19-,22?,23?,26-/m1/s1. The van der Waals surface area contributed by atoms with Crippen molar-refractivity contribution in [3.63, 3.8) is 0 Å². The number of carbonyl (C=O) groups excluding carboxylic acids is 1. The predicted octanol–water partition coefficient (Wildman–Crippen LogP) is 4.05. The Hall–Kier alpha value is -2.30. The highest BCUT2D eigenvalue weighted by atomic mass is 16.6. The Morgan fingerprint density at radius 1 is 0.944 bits per heavy atom. The lowest BCUT2D eigenvalue weighted by Gasteiger charge is -2.16. The Morgan fingerprint density at radius 3 is 2.19 bits per heavy atom. The number of nitrogen functional groups attached to an aromatic ring is 1. The molecule has 0 spiro atoms. The average Bonchev–Trinajstić information content (AvgIpc) is 3.42. The van der Waals surface area contributed by atoms with Gasteiger partial charge in [0.25, 0.3) is 0 Å². The number of aromatic nitrogens is 4. The molecule has 2 unspecified atom stereocenters. The first-order valence-electron chi connectivity index (χ1n) is 13.6. The lowest BCUT2D eigenvalue weighted by atomic mass is 10.0. The number of carbonyl (C=O) groups is 1. The van der Waals surface area contributed by atoms with E-state index in [4.69, 9.17) is 15.2 Å². The molecule has 10 heteroatoms. The molecule has 1 aliphatic heterocycles. The highest BCUT2D eigenvalue weighted by molar-refractivity contribution is 5.81. The molecule has 3 rings (SSSR count). The van der Waals surface area contributed by atoms with Gasteiger partial charge >= 0.3 is 5.97 Å². The van der Waals surface area contributed by atoms with Crippen LogP contribution in [0, 0.1) is 0 Å². The quantitative estimate of drug-likeness (QED) is 0.214. The predicted molar refractivity (Wildman–Crippen MR) is 137 cm³/mol. The van der Waals surface area contributed by atoms with Crippen molar-refractivity contribution >= 4 is 23.0 Å². The Balaban J connectivity index is 1.26. The molecule has 1 saturated heterocycles. The molecule has 0 amide bonds. The number of imidazole rings is 1. The molecule has 1 aliphatic rings. The summed E-state index contributed by atoms with van der Waals surface area (Å²) in [5.41, 5.74) is 6.58. The largest absolute Gasteiger partial charge is 0.463 e. The van der Waals surface area contributed by atoms with Crippen LogP contribution in [-0.4, -0.2) is 60.6 Å². The van der Waals surface area contributed by atoms with Crippen molar-refractivity contribution in [2.45, 2.75) is 121 Å². The third-order valence-electron chi connectivity index (χ3n) is 6.89. The molecule has 0 aliphatic carbocycles.